The second-order valence-corrected chi connectivity index (χ2v) is 14.6. The topological polar surface area (TPSA) is 40.5 Å². The molecule has 0 heterocycles. The zero-order chi connectivity index (χ0) is 35.5. The van der Waals surface area contributed by atoms with Crippen molar-refractivity contribution in [3.05, 3.63) is 112 Å². The van der Waals surface area contributed by atoms with Gasteiger partial charge in [0.2, 0.25) is 0 Å². The van der Waals surface area contributed by atoms with Gasteiger partial charge in [0.15, 0.2) is 0 Å². The van der Waals surface area contributed by atoms with Gasteiger partial charge in [0, 0.05) is 21.9 Å². The van der Waals surface area contributed by atoms with Crippen molar-refractivity contribution in [2.75, 3.05) is 0 Å². The van der Waals surface area contributed by atoms with Crippen LogP contribution in [0.4, 0.5) is 0 Å². The minimum atomic E-state index is 0.212. The van der Waals surface area contributed by atoms with E-state index in [1.807, 2.05) is 43.3 Å². The van der Waals surface area contributed by atoms with Crippen molar-refractivity contribution in [2.24, 2.45) is 11.8 Å². The first-order chi connectivity index (χ1) is 22.9. The second-order valence-electron chi connectivity index (χ2n) is 14.6. The maximum atomic E-state index is 10.8. The first-order valence-electron chi connectivity index (χ1n) is 18.5. The van der Waals surface area contributed by atoms with E-state index in [4.69, 9.17) is 0 Å². The zero-order valence-corrected chi connectivity index (χ0v) is 31.8. The van der Waals surface area contributed by atoms with Gasteiger partial charge in [-0.1, -0.05) is 134 Å². The van der Waals surface area contributed by atoms with Crippen molar-refractivity contribution in [3.8, 4) is 11.5 Å². The molecular formula is C46H66O2. The van der Waals surface area contributed by atoms with Crippen molar-refractivity contribution < 1.29 is 10.2 Å². The van der Waals surface area contributed by atoms with Crippen LogP contribution in [0.15, 0.2) is 101 Å². The number of aromatic hydroxyl groups is 2. The summed E-state index contributed by atoms with van der Waals surface area (Å²) in [5.74, 6) is 1.74. The number of fused-ring (bicyclic) bond motifs is 1. The monoisotopic (exact) mass is 651 g/mol. The second kappa shape index (κ2) is 22.2. The van der Waals surface area contributed by atoms with Gasteiger partial charge in [-0.05, 0) is 118 Å². The Labute approximate surface area is 294 Å². The highest BCUT2D eigenvalue weighted by Crippen LogP contribution is 2.39. The summed E-state index contributed by atoms with van der Waals surface area (Å²) in [5, 5.41) is 22.8. The lowest BCUT2D eigenvalue weighted by Gasteiger charge is -2.12. The summed E-state index contributed by atoms with van der Waals surface area (Å²) in [4.78, 5) is 0. The van der Waals surface area contributed by atoms with Crippen LogP contribution in [-0.4, -0.2) is 10.2 Å². The number of phenolic OH excluding ortho intramolecular Hbond substituents is 2. The zero-order valence-electron chi connectivity index (χ0n) is 31.8. The maximum absolute atomic E-state index is 10.8. The molecule has 0 saturated carbocycles. The van der Waals surface area contributed by atoms with Crippen LogP contribution >= 0.6 is 0 Å². The third-order valence-corrected chi connectivity index (χ3v) is 9.43. The van der Waals surface area contributed by atoms with Gasteiger partial charge in [-0.15, -0.1) is 0 Å². The van der Waals surface area contributed by atoms with Crippen LogP contribution in [0, 0.1) is 18.8 Å². The van der Waals surface area contributed by atoms with Crippen LogP contribution in [0.3, 0.4) is 0 Å². The molecule has 0 aliphatic rings. The van der Waals surface area contributed by atoms with Gasteiger partial charge < -0.3 is 10.2 Å². The van der Waals surface area contributed by atoms with Crippen molar-refractivity contribution in [1.29, 1.82) is 0 Å². The molecule has 2 heteroatoms. The number of hydrogen-bond donors (Lipinski definition) is 2. The first-order valence-corrected chi connectivity index (χ1v) is 18.5. The lowest BCUT2D eigenvalue weighted by molar-refractivity contribution is 0.450. The summed E-state index contributed by atoms with van der Waals surface area (Å²) >= 11 is 0. The SMILES string of the molecule is CC(C)=CCC/C(C)=C/CC/C(C)=C/CC/C(C)=C/CCC(C)CCCC(C)/C=C/C=C(C)/C=C/c1c(C)c(O)c2ccccc2c1O. The van der Waals surface area contributed by atoms with Gasteiger partial charge in [-0.3, -0.25) is 0 Å². The van der Waals surface area contributed by atoms with E-state index in [0.29, 0.717) is 27.8 Å². The molecule has 0 radical (unpaired) electrons. The predicted octanol–water partition coefficient (Wildman–Crippen LogP) is 14.4. The van der Waals surface area contributed by atoms with Crippen molar-refractivity contribution in [1.82, 2.24) is 0 Å². The Hall–Kier alpha value is -3.52. The van der Waals surface area contributed by atoms with E-state index in [2.05, 4.69) is 97.9 Å². The molecule has 0 spiro atoms. The van der Waals surface area contributed by atoms with E-state index < -0.39 is 0 Å². The first kappa shape index (κ1) is 40.7. The number of rotatable bonds is 20. The smallest absolute Gasteiger partial charge is 0.131 e. The number of allylic oxidation sites excluding steroid dienone is 13. The lowest BCUT2D eigenvalue weighted by atomic mass is 9.94. The minimum absolute atomic E-state index is 0.212. The molecular weight excluding hydrogens is 585 g/mol. The Morgan fingerprint density at radius 2 is 1.23 bits per heavy atom. The van der Waals surface area contributed by atoms with Gasteiger partial charge in [0.25, 0.3) is 0 Å². The molecule has 0 bridgehead atoms. The third kappa shape index (κ3) is 15.6. The van der Waals surface area contributed by atoms with E-state index in [9.17, 15) is 10.2 Å². The standard InChI is InChI=1S/C46H66O2/c1-34(2)18-12-19-35(3)20-13-21-36(4)22-14-23-37(5)24-15-25-38(6)26-16-27-39(7)28-17-29-40(8)32-33-42-41(9)45(47)43-30-10-11-31-44(43)46(42)48/h10-11,17-18,20,22,24,28-33,38-39,47-48H,12-16,19,21,23,25-27H2,1-9H3/b28-17+,33-32+,35-20+,36-22+,37-24+,40-29+. The Bertz CT molecular complexity index is 1500. The third-order valence-electron chi connectivity index (χ3n) is 9.43. The average Bonchev–Trinajstić information content (AvgIpc) is 3.03. The molecule has 0 aliphatic carbocycles. The normalized spacial score (nSPS) is 14.8. The quantitative estimate of drug-likeness (QED) is 0.0850. The van der Waals surface area contributed by atoms with Gasteiger partial charge in [0.1, 0.15) is 11.5 Å². The fourth-order valence-electron chi connectivity index (χ4n) is 6.05. The summed E-state index contributed by atoms with van der Waals surface area (Å²) in [7, 11) is 0. The molecule has 2 rings (SSSR count). The molecule has 0 amide bonds. The molecule has 2 N–H and O–H groups in total. The van der Waals surface area contributed by atoms with Gasteiger partial charge in [-0.25, -0.2) is 0 Å². The highest BCUT2D eigenvalue weighted by Gasteiger charge is 2.13. The van der Waals surface area contributed by atoms with Crippen LogP contribution in [-0.2, 0) is 0 Å². The fraction of sp³-hybridized carbons (Fsp3) is 0.478. The van der Waals surface area contributed by atoms with Gasteiger partial charge in [0.05, 0.1) is 0 Å². The van der Waals surface area contributed by atoms with Gasteiger partial charge >= 0.3 is 0 Å². The van der Waals surface area contributed by atoms with Crippen LogP contribution in [0.25, 0.3) is 16.8 Å². The van der Waals surface area contributed by atoms with E-state index in [1.54, 1.807) is 0 Å². The Balaban J connectivity index is 1.66. The van der Waals surface area contributed by atoms with E-state index >= 15 is 0 Å². The van der Waals surface area contributed by atoms with Crippen molar-refractivity contribution >= 4 is 16.8 Å². The Kier molecular flexibility index (Phi) is 18.8. The molecule has 262 valence electrons. The minimum Gasteiger partial charge on any atom is -0.507 e. The molecule has 0 aliphatic heterocycles. The molecule has 2 nitrogen and oxygen atoms in total. The highest BCUT2D eigenvalue weighted by molar-refractivity contribution is 5.97. The summed E-state index contributed by atoms with van der Waals surface area (Å²) in [6.45, 7) is 19.8. The predicted molar refractivity (Wildman–Crippen MR) is 214 cm³/mol. The molecule has 2 unspecified atom stereocenters. The van der Waals surface area contributed by atoms with Crippen molar-refractivity contribution in [3.63, 3.8) is 0 Å². The molecule has 2 aromatic carbocycles. The lowest BCUT2D eigenvalue weighted by Crippen LogP contribution is -1.97. The van der Waals surface area contributed by atoms with Crippen LogP contribution in [0.1, 0.15) is 137 Å². The Morgan fingerprint density at radius 1 is 0.688 bits per heavy atom. The molecule has 0 fully saturated rings. The van der Waals surface area contributed by atoms with Crippen LogP contribution < -0.4 is 0 Å². The molecule has 2 atom stereocenters. The molecule has 0 aromatic heterocycles. The maximum Gasteiger partial charge on any atom is 0.131 e. The largest absolute Gasteiger partial charge is 0.507 e. The van der Waals surface area contributed by atoms with Crippen LogP contribution in [0.5, 0.6) is 11.5 Å². The summed E-state index contributed by atoms with van der Waals surface area (Å²) in [6.07, 6.45) is 33.3. The highest BCUT2D eigenvalue weighted by atomic mass is 16.3. The van der Waals surface area contributed by atoms with E-state index in [1.165, 1.54) is 73.7 Å². The van der Waals surface area contributed by atoms with E-state index in [-0.39, 0.29) is 11.5 Å². The summed E-state index contributed by atoms with van der Waals surface area (Å²) in [5.41, 5.74) is 8.42. The van der Waals surface area contributed by atoms with Gasteiger partial charge in [-0.2, -0.15) is 0 Å². The molecule has 0 saturated heterocycles. The molecule has 48 heavy (non-hydrogen) atoms. The Morgan fingerprint density at radius 3 is 1.81 bits per heavy atom. The number of phenols is 2. The fourth-order valence-corrected chi connectivity index (χ4v) is 6.05. The van der Waals surface area contributed by atoms with Crippen molar-refractivity contribution in [2.45, 2.75) is 133 Å². The van der Waals surface area contributed by atoms with E-state index in [0.717, 1.165) is 30.8 Å². The summed E-state index contributed by atoms with van der Waals surface area (Å²) in [6, 6.07) is 7.41. The number of benzene rings is 2. The van der Waals surface area contributed by atoms with Crippen LogP contribution in [0.2, 0.25) is 0 Å². The molecule has 2 aromatic rings. The number of hydrogen-bond acceptors (Lipinski definition) is 2. The average molecular weight is 651 g/mol. The summed E-state index contributed by atoms with van der Waals surface area (Å²) < 4.78 is 0.